The molecule has 22 heavy (non-hydrogen) atoms. The number of halogens is 2. The Kier molecular flexibility index (Phi) is 2.93. The molecule has 3 aromatic rings. The van der Waals surface area contributed by atoms with Crippen LogP contribution >= 0.6 is 0 Å². The zero-order chi connectivity index (χ0) is 15.1. The van der Waals surface area contributed by atoms with Crippen molar-refractivity contribution in [2.24, 2.45) is 0 Å². The van der Waals surface area contributed by atoms with Gasteiger partial charge in [0.15, 0.2) is 0 Å². The largest absolute Gasteiger partial charge is 0.330 e. The van der Waals surface area contributed by atoms with Gasteiger partial charge in [0.25, 0.3) is 5.89 Å². The van der Waals surface area contributed by atoms with Gasteiger partial charge in [-0.15, -0.1) is 10.2 Å². The molecule has 1 N–H and O–H groups in total. The molecule has 1 aromatic carbocycles. The molecule has 0 fully saturated rings. The van der Waals surface area contributed by atoms with Crippen LogP contribution in [0.2, 0.25) is 0 Å². The Balaban J connectivity index is 1.74. The van der Waals surface area contributed by atoms with E-state index in [2.05, 4.69) is 25.7 Å². The predicted molar refractivity (Wildman–Crippen MR) is 70.4 cm³/mol. The van der Waals surface area contributed by atoms with Crippen LogP contribution in [0.3, 0.4) is 0 Å². The summed E-state index contributed by atoms with van der Waals surface area (Å²) in [6.45, 7) is 2.08. The van der Waals surface area contributed by atoms with E-state index >= 15 is 0 Å². The van der Waals surface area contributed by atoms with Crippen LogP contribution in [0.5, 0.6) is 0 Å². The minimum absolute atomic E-state index is 0.0405. The second-order valence-corrected chi connectivity index (χ2v) is 4.82. The molecule has 3 heterocycles. The van der Waals surface area contributed by atoms with E-state index in [4.69, 9.17) is 4.52 Å². The number of benzene rings is 1. The van der Waals surface area contributed by atoms with E-state index in [-0.39, 0.29) is 17.3 Å². The van der Waals surface area contributed by atoms with Crippen molar-refractivity contribution in [3.63, 3.8) is 0 Å². The SMILES string of the molecule is Fc1ccc(-c2noc(-c3nnc4n3CCNC4)n2)c(F)c1. The smallest absolute Gasteiger partial charge is 0.296 e. The highest BCUT2D eigenvalue weighted by molar-refractivity contribution is 5.57. The minimum Gasteiger partial charge on any atom is -0.330 e. The molecule has 0 saturated heterocycles. The quantitative estimate of drug-likeness (QED) is 0.770. The first kappa shape index (κ1) is 13.0. The third kappa shape index (κ3) is 2.06. The van der Waals surface area contributed by atoms with Crippen LogP contribution in [-0.2, 0) is 13.1 Å². The molecule has 0 saturated carbocycles. The van der Waals surface area contributed by atoms with Crippen molar-refractivity contribution in [3.05, 3.63) is 35.7 Å². The number of hydrogen-bond acceptors (Lipinski definition) is 6. The molecule has 1 aliphatic rings. The Morgan fingerprint density at radius 1 is 1.23 bits per heavy atom. The maximum Gasteiger partial charge on any atom is 0.296 e. The van der Waals surface area contributed by atoms with Gasteiger partial charge in [-0.25, -0.2) is 8.78 Å². The first-order valence-electron chi connectivity index (χ1n) is 6.64. The van der Waals surface area contributed by atoms with E-state index in [0.29, 0.717) is 18.9 Å². The molecule has 2 aromatic heterocycles. The maximum atomic E-state index is 13.8. The minimum atomic E-state index is -0.750. The standard InChI is InChI=1S/C13H10F2N6O/c14-7-1-2-8(9(15)5-7)11-17-13(22-20-11)12-19-18-10-6-16-3-4-21(10)12/h1-2,5,16H,3-4,6H2. The first-order valence-corrected chi connectivity index (χ1v) is 6.64. The molecule has 112 valence electrons. The van der Waals surface area contributed by atoms with Gasteiger partial charge in [-0.2, -0.15) is 4.98 Å². The van der Waals surface area contributed by atoms with E-state index in [1.54, 1.807) is 0 Å². The summed E-state index contributed by atoms with van der Waals surface area (Å²) >= 11 is 0. The average molecular weight is 304 g/mol. The summed E-state index contributed by atoms with van der Waals surface area (Å²) in [7, 11) is 0. The highest BCUT2D eigenvalue weighted by atomic mass is 19.1. The molecule has 0 spiro atoms. The fourth-order valence-corrected chi connectivity index (χ4v) is 2.34. The Labute approximate surface area is 123 Å². The molecule has 0 bridgehead atoms. The maximum absolute atomic E-state index is 13.8. The lowest BCUT2D eigenvalue weighted by Crippen LogP contribution is -2.28. The molecule has 7 nitrogen and oxygen atoms in total. The summed E-state index contributed by atoms with van der Waals surface area (Å²) in [5.74, 6) is -0.00582. The van der Waals surface area contributed by atoms with Crippen molar-refractivity contribution >= 4 is 0 Å². The summed E-state index contributed by atoms with van der Waals surface area (Å²) in [5, 5.41) is 15.0. The van der Waals surface area contributed by atoms with Gasteiger partial charge in [0, 0.05) is 19.2 Å². The van der Waals surface area contributed by atoms with E-state index < -0.39 is 11.6 Å². The molecule has 9 heteroatoms. The Morgan fingerprint density at radius 2 is 2.14 bits per heavy atom. The second-order valence-electron chi connectivity index (χ2n) is 4.82. The number of rotatable bonds is 2. The van der Waals surface area contributed by atoms with Gasteiger partial charge in [0.1, 0.15) is 17.5 Å². The Bertz CT molecular complexity index is 843. The van der Waals surface area contributed by atoms with Gasteiger partial charge in [-0.05, 0) is 12.1 Å². The third-order valence-electron chi connectivity index (χ3n) is 3.41. The molecule has 0 aliphatic carbocycles. The third-order valence-corrected chi connectivity index (χ3v) is 3.41. The average Bonchev–Trinajstić information content (AvgIpc) is 3.13. The van der Waals surface area contributed by atoms with Gasteiger partial charge >= 0.3 is 0 Å². The van der Waals surface area contributed by atoms with Crippen molar-refractivity contribution in [3.8, 4) is 23.1 Å². The van der Waals surface area contributed by atoms with E-state index in [9.17, 15) is 8.78 Å². The van der Waals surface area contributed by atoms with Crippen molar-refractivity contribution in [2.75, 3.05) is 6.54 Å². The van der Waals surface area contributed by atoms with Crippen molar-refractivity contribution < 1.29 is 13.3 Å². The zero-order valence-electron chi connectivity index (χ0n) is 11.3. The highest BCUT2D eigenvalue weighted by Crippen LogP contribution is 2.24. The molecule has 0 amide bonds. The van der Waals surface area contributed by atoms with Crippen LogP contribution in [0.15, 0.2) is 22.7 Å². The lowest BCUT2D eigenvalue weighted by molar-refractivity contribution is 0.423. The van der Waals surface area contributed by atoms with Crippen LogP contribution < -0.4 is 5.32 Å². The second kappa shape index (κ2) is 4.95. The highest BCUT2D eigenvalue weighted by Gasteiger charge is 2.22. The van der Waals surface area contributed by atoms with Crippen LogP contribution in [-0.4, -0.2) is 31.4 Å². The fraction of sp³-hybridized carbons (Fsp3) is 0.231. The van der Waals surface area contributed by atoms with Gasteiger partial charge < -0.3 is 14.4 Å². The molecule has 0 unspecified atom stereocenters. The van der Waals surface area contributed by atoms with Crippen molar-refractivity contribution in [1.29, 1.82) is 0 Å². The number of hydrogen-bond donors (Lipinski definition) is 1. The van der Waals surface area contributed by atoms with E-state index in [1.807, 2.05) is 4.57 Å². The summed E-state index contributed by atoms with van der Waals surface area (Å²) < 4.78 is 33.7. The molecule has 4 rings (SSSR count). The summed E-state index contributed by atoms with van der Waals surface area (Å²) in [4.78, 5) is 4.14. The molecule has 0 radical (unpaired) electrons. The molecule has 0 atom stereocenters. The summed E-state index contributed by atoms with van der Waals surface area (Å²) in [6, 6.07) is 3.18. The normalized spacial score (nSPS) is 14.1. The summed E-state index contributed by atoms with van der Waals surface area (Å²) in [6.07, 6.45) is 0. The van der Waals surface area contributed by atoms with Crippen molar-refractivity contribution in [2.45, 2.75) is 13.1 Å². The van der Waals surface area contributed by atoms with Crippen LogP contribution in [0.4, 0.5) is 8.78 Å². The van der Waals surface area contributed by atoms with Crippen LogP contribution in [0.25, 0.3) is 23.1 Å². The van der Waals surface area contributed by atoms with Crippen LogP contribution in [0, 0.1) is 11.6 Å². The topological polar surface area (TPSA) is 81.7 Å². The predicted octanol–water partition coefficient (Wildman–Crippen LogP) is 1.38. The lowest BCUT2D eigenvalue weighted by Gasteiger charge is -2.14. The van der Waals surface area contributed by atoms with E-state index in [0.717, 1.165) is 24.5 Å². The van der Waals surface area contributed by atoms with Gasteiger partial charge in [-0.1, -0.05) is 5.16 Å². The number of nitrogens with zero attached hydrogens (tertiary/aromatic N) is 5. The number of aromatic nitrogens is 5. The summed E-state index contributed by atoms with van der Waals surface area (Å²) in [5.41, 5.74) is 0.0662. The molecular weight excluding hydrogens is 294 g/mol. The van der Waals surface area contributed by atoms with Gasteiger partial charge in [-0.3, -0.25) is 0 Å². The zero-order valence-corrected chi connectivity index (χ0v) is 11.3. The Morgan fingerprint density at radius 3 is 3.00 bits per heavy atom. The van der Waals surface area contributed by atoms with Crippen LogP contribution in [0.1, 0.15) is 5.82 Å². The molecular formula is C13H10F2N6O. The fourth-order valence-electron chi connectivity index (χ4n) is 2.34. The number of nitrogens with one attached hydrogen (secondary N) is 1. The lowest BCUT2D eigenvalue weighted by atomic mass is 10.2. The molecule has 1 aliphatic heterocycles. The Hall–Kier alpha value is -2.68. The first-order chi connectivity index (χ1) is 10.7. The number of fused-ring (bicyclic) bond motifs is 1. The van der Waals surface area contributed by atoms with Gasteiger partial charge in [0.2, 0.25) is 11.6 Å². The monoisotopic (exact) mass is 304 g/mol. The van der Waals surface area contributed by atoms with Crippen molar-refractivity contribution in [1.82, 2.24) is 30.2 Å². The van der Waals surface area contributed by atoms with Gasteiger partial charge in [0.05, 0.1) is 12.1 Å². The van der Waals surface area contributed by atoms with E-state index in [1.165, 1.54) is 6.07 Å².